The lowest BCUT2D eigenvalue weighted by Gasteiger charge is -2.11. The van der Waals surface area contributed by atoms with Gasteiger partial charge in [-0.3, -0.25) is 10.1 Å². The number of anilines is 1. The number of rotatable bonds is 9. The summed E-state index contributed by atoms with van der Waals surface area (Å²) in [7, 11) is 0. The zero-order chi connectivity index (χ0) is 22.6. The van der Waals surface area contributed by atoms with E-state index in [-0.39, 0.29) is 11.0 Å². The van der Waals surface area contributed by atoms with E-state index in [0.29, 0.717) is 13.2 Å². The van der Waals surface area contributed by atoms with E-state index in [1.54, 1.807) is 6.08 Å². The quantitative estimate of drug-likeness (QED) is 0.348. The van der Waals surface area contributed by atoms with Crippen LogP contribution in [-0.4, -0.2) is 24.2 Å². The Balaban J connectivity index is 1.45. The van der Waals surface area contributed by atoms with Gasteiger partial charge in [0.05, 0.1) is 13.2 Å². The first-order valence-corrected chi connectivity index (χ1v) is 10.8. The van der Waals surface area contributed by atoms with Crippen LogP contribution in [0.4, 0.5) is 5.69 Å². The van der Waals surface area contributed by atoms with E-state index in [4.69, 9.17) is 21.7 Å². The molecular formula is C26H26N2O3S. The van der Waals surface area contributed by atoms with E-state index in [9.17, 15) is 4.79 Å². The average Bonchev–Trinajstić information content (AvgIpc) is 2.80. The van der Waals surface area contributed by atoms with Crippen LogP contribution in [0.5, 0.6) is 11.5 Å². The predicted molar refractivity (Wildman–Crippen MR) is 133 cm³/mol. The Morgan fingerprint density at radius 2 is 1.72 bits per heavy atom. The molecule has 1 amide bonds. The second-order valence-electron chi connectivity index (χ2n) is 6.89. The van der Waals surface area contributed by atoms with Crippen LogP contribution in [0.2, 0.25) is 0 Å². The van der Waals surface area contributed by atoms with Crippen molar-refractivity contribution in [2.75, 3.05) is 18.5 Å². The molecule has 164 valence electrons. The van der Waals surface area contributed by atoms with E-state index >= 15 is 0 Å². The van der Waals surface area contributed by atoms with Gasteiger partial charge >= 0.3 is 0 Å². The van der Waals surface area contributed by atoms with Crippen LogP contribution in [0.1, 0.15) is 18.1 Å². The molecule has 32 heavy (non-hydrogen) atoms. The first-order valence-electron chi connectivity index (χ1n) is 10.4. The van der Waals surface area contributed by atoms with Crippen molar-refractivity contribution in [3.05, 3.63) is 96.1 Å². The molecule has 0 heterocycles. The third-order valence-electron chi connectivity index (χ3n) is 4.45. The first-order chi connectivity index (χ1) is 15.6. The normalized spacial score (nSPS) is 10.5. The molecule has 0 saturated carbocycles. The molecule has 0 unspecified atom stereocenters. The van der Waals surface area contributed by atoms with Crippen LogP contribution < -0.4 is 20.1 Å². The summed E-state index contributed by atoms with van der Waals surface area (Å²) in [5, 5.41) is 5.87. The van der Waals surface area contributed by atoms with E-state index in [0.717, 1.165) is 29.2 Å². The molecule has 5 nitrogen and oxygen atoms in total. The fourth-order valence-corrected chi connectivity index (χ4v) is 3.14. The Morgan fingerprint density at radius 1 is 0.938 bits per heavy atom. The Labute approximate surface area is 194 Å². The monoisotopic (exact) mass is 446 g/mol. The largest absolute Gasteiger partial charge is 0.494 e. The van der Waals surface area contributed by atoms with Crippen molar-refractivity contribution in [2.45, 2.75) is 13.3 Å². The van der Waals surface area contributed by atoms with E-state index in [1.807, 2.05) is 73.7 Å². The van der Waals surface area contributed by atoms with Crippen molar-refractivity contribution in [1.29, 1.82) is 0 Å². The Bertz CT molecular complexity index is 1050. The van der Waals surface area contributed by atoms with E-state index in [1.165, 1.54) is 11.6 Å². The second-order valence-corrected chi connectivity index (χ2v) is 7.30. The molecule has 0 fully saturated rings. The number of carbonyl (C=O) groups excluding carboxylic acids is 1. The lowest BCUT2D eigenvalue weighted by Crippen LogP contribution is -2.32. The standard InChI is InChI=1S/C26H26N2O3S/c1-2-30-23-14-11-21(12-15-23)13-16-25(29)28-26(32)27-22-9-6-10-24(19-22)31-18-17-20-7-4-3-5-8-20/h3-16,19H,2,17-18H2,1H3,(H2,27,28,29,32)/b16-13+. The van der Waals surface area contributed by atoms with Gasteiger partial charge in [0.1, 0.15) is 11.5 Å². The lowest BCUT2D eigenvalue weighted by molar-refractivity contribution is -0.115. The van der Waals surface area contributed by atoms with Crippen LogP contribution in [0.25, 0.3) is 6.08 Å². The summed E-state index contributed by atoms with van der Waals surface area (Å²) in [6, 6.07) is 25.1. The van der Waals surface area contributed by atoms with E-state index < -0.39 is 0 Å². The minimum Gasteiger partial charge on any atom is -0.494 e. The van der Waals surface area contributed by atoms with E-state index in [2.05, 4.69) is 22.8 Å². The molecule has 0 bridgehead atoms. The maximum atomic E-state index is 12.2. The van der Waals surface area contributed by atoms with Crippen molar-refractivity contribution < 1.29 is 14.3 Å². The molecule has 0 aliphatic heterocycles. The summed E-state index contributed by atoms with van der Waals surface area (Å²) in [6.07, 6.45) is 3.98. The number of benzene rings is 3. The highest BCUT2D eigenvalue weighted by Crippen LogP contribution is 2.18. The minimum atomic E-state index is -0.313. The summed E-state index contributed by atoms with van der Waals surface area (Å²) < 4.78 is 11.2. The van der Waals surface area contributed by atoms with Crippen molar-refractivity contribution in [2.24, 2.45) is 0 Å². The molecule has 3 rings (SSSR count). The average molecular weight is 447 g/mol. The van der Waals surface area contributed by atoms with Gasteiger partial charge in [-0.2, -0.15) is 0 Å². The van der Waals surface area contributed by atoms with Gasteiger partial charge in [-0.1, -0.05) is 48.5 Å². The van der Waals surface area contributed by atoms with Crippen molar-refractivity contribution >= 4 is 35.0 Å². The second kappa shape index (κ2) is 12.3. The molecule has 3 aromatic carbocycles. The topological polar surface area (TPSA) is 59.6 Å². The molecular weight excluding hydrogens is 420 g/mol. The number of thiocarbonyl (C=S) groups is 1. The predicted octanol–water partition coefficient (Wildman–Crippen LogP) is 5.23. The highest BCUT2D eigenvalue weighted by Gasteiger charge is 2.03. The Hall–Kier alpha value is -3.64. The highest BCUT2D eigenvalue weighted by molar-refractivity contribution is 7.80. The number of ether oxygens (including phenoxy) is 2. The summed E-state index contributed by atoms with van der Waals surface area (Å²) >= 11 is 5.25. The maximum Gasteiger partial charge on any atom is 0.250 e. The summed E-state index contributed by atoms with van der Waals surface area (Å²) in [5.41, 5.74) is 2.86. The zero-order valence-corrected chi connectivity index (χ0v) is 18.7. The fraction of sp³-hybridized carbons (Fsp3) is 0.154. The summed E-state index contributed by atoms with van der Waals surface area (Å²) in [4.78, 5) is 12.2. The van der Waals surface area contributed by atoms with Gasteiger partial charge in [0.25, 0.3) is 0 Å². The van der Waals surface area contributed by atoms with Gasteiger partial charge < -0.3 is 14.8 Å². The molecule has 0 spiro atoms. The van der Waals surface area contributed by atoms with Gasteiger partial charge in [-0.25, -0.2) is 0 Å². The van der Waals surface area contributed by atoms with Gasteiger partial charge in [-0.05, 0) is 60.6 Å². The van der Waals surface area contributed by atoms with Gasteiger partial charge in [0, 0.05) is 24.3 Å². The van der Waals surface area contributed by atoms with Gasteiger partial charge in [0.15, 0.2) is 5.11 Å². The highest BCUT2D eigenvalue weighted by atomic mass is 32.1. The molecule has 0 aliphatic carbocycles. The molecule has 0 aromatic heterocycles. The number of carbonyl (C=O) groups is 1. The zero-order valence-electron chi connectivity index (χ0n) is 17.9. The van der Waals surface area contributed by atoms with Crippen molar-refractivity contribution in [1.82, 2.24) is 5.32 Å². The summed E-state index contributed by atoms with van der Waals surface area (Å²) in [6.45, 7) is 3.13. The molecule has 0 radical (unpaired) electrons. The van der Waals surface area contributed by atoms with Crippen molar-refractivity contribution in [3.63, 3.8) is 0 Å². The molecule has 3 aromatic rings. The van der Waals surface area contributed by atoms with Crippen LogP contribution in [-0.2, 0) is 11.2 Å². The van der Waals surface area contributed by atoms with Crippen LogP contribution >= 0.6 is 12.2 Å². The van der Waals surface area contributed by atoms with Crippen LogP contribution in [0, 0.1) is 0 Å². The SMILES string of the molecule is CCOc1ccc(/C=C/C(=O)NC(=S)Nc2cccc(OCCc3ccccc3)c2)cc1. The van der Waals surface area contributed by atoms with Crippen LogP contribution in [0.15, 0.2) is 84.9 Å². The van der Waals surface area contributed by atoms with Gasteiger partial charge in [0.2, 0.25) is 5.91 Å². The molecule has 0 atom stereocenters. The number of hydrogen-bond acceptors (Lipinski definition) is 4. The third kappa shape index (κ3) is 7.89. The molecule has 0 saturated heterocycles. The minimum absolute atomic E-state index is 0.216. The number of hydrogen-bond donors (Lipinski definition) is 2. The molecule has 0 aliphatic rings. The Morgan fingerprint density at radius 3 is 2.47 bits per heavy atom. The smallest absolute Gasteiger partial charge is 0.250 e. The van der Waals surface area contributed by atoms with Crippen LogP contribution in [0.3, 0.4) is 0 Å². The van der Waals surface area contributed by atoms with Gasteiger partial charge in [-0.15, -0.1) is 0 Å². The fourth-order valence-electron chi connectivity index (χ4n) is 2.92. The lowest BCUT2D eigenvalue weighted by atomic mass is 10.2. The Kier molecular flexibility index (Phi) is 8.83. The van der Waals surface area contributed by atoms with Crippen molar-refractivity contribution in [3.8, 4) is 11.5 Å². The third-order valence-corrected chi connectivity index (χ3v) is 4.65. The molecule has 2 N–H and O–H groups in total. The molecule has 6 heteroatoms. The summed E-state index contributed by atoms with van der Waals surface area (Å²) in [5.74, 6) is 1.22. The first kappa shape index (κ1) is 23.0. The number of amides is 1. The number of nitrogens with one attached hydrogen (secondary N) is 2. The maximum absolute atomic E-state index is 12.2.